The van der Waals surface area contributed by atoms with Gasteiger partial charge in [0.1, 0.15) is 11.2 Å². The zero-order valence-electron chi connectivity index (χ0n) is 24.4. The summed E-state index contributed by atoms with van der Waals surface area (Å²) >= 11 is 0. The lowest BCUT2D eigenvalue weighted by Crippen LogP contribution is -1.86. The van der Waals surface area contributed by atoms with Gasteiger partial charge in [0.15, 0.2) is 0 Å². The summed E-state index contributed by atoms with van der Waals surface area (Å²) in [5.74, 6) is 0. The fourth-order valence-corrected chi connectivity index (χ4v) is 7.38. The van der Waals surface area contributed by atoms with E-state index in [1.807, 2.05) is 0 Å². The van der Waals surface area contributed by atoms with Gasteiger partial charge in [-0.15, -0.1) is 0 Å². The van der Waals surface area contributed by atoms with Gasteiger partial charge in [0.2, 0.25) is 0 Å². The van der Waals surface area contributed by atoms with Crippen molar-refractivity contribution < 1.29 is 4.42 Å². The molecule has 45 heavy (non-hydrogen) atoms. The zero-order valence-corrected chi connectivity index (χ0v) is 24.4. The molecule has 1 aromatic heterocycles. The summed E-state index contributed by atoms with van der Waals surface area (Å²) in [5.41, 5.74) is 6.77. The Kier molecular flexibility index (Phi) is 5.06. The monoisotopic (exact) mass is 570 g/mol. The minimum atomic E-state index is 0.928. The summed E-state index contributed by atoms with van der Waals surface area (Å²) in [7, 11) is 0. The molecule has 1 heterocycles. The average molecular weight is 571 g/mol. The first-order chi connectivity index (χ1) is 22.3. The molecule has 1 heteroatoms. The van der Waals surface area contributed by atoms with Crippen molar-refractivity contribution in [2.75, 3.05) is 0 Å². The minimum absolute atomic E-state index is 0.928. The van der Waals surface area contributed by atoms with E-state index in [2.05, 4.69) is 158 Å². The standard InChI is InChI=1S/C44H26O/c1-2-10-29-22-32(17-16-27(29)8-1)30-11-7-12-31(23-30)33-19-20-37-39(24-33)35-14-5-6-15-36(35)40-25-42-38-21-18-28-9-3-4-13-34(28)44(38)45-43(42)26-41(37)40/h1-26H. The van der Waals surface area contributed by atoms with Crippen LogP contribution in [-0.2, 0) is 0 Å². The summed E-state index contributed by atoms with van der Waals surface area (Å²) in [5, 5.41) is 14.7. The lowest BCUT2D eigenvalue weighted by molar-refractivity contribution is 0.673. The molecule has 0 aliphatic rings. The molecule has 0 fully saturated rings. The minimum Gasteiger partial charge on any atom is -0.455 e. The first-order valence-corrected chi connectivity index (χ1v) is 15.5. The van der Waals surface area contributed by atoms with Gasteiger partial charge in [-0.25, -0.2) is 0 Å². The fraction of sp³-hybridized carbons (Fsp3) is 0. The Morgan fingerprint density at radius 3 is 1.64 bits per heavy atom. The molecule has 0 saturated carbocycles. The van der Waals surface area contributed by atoms with Crippen LogP contribution in [0.5, 0.6) is 0 Å². The van der Waals surface area contributed by atoms with E-state index in [9.17, 15) is 0 Å². The Morgan fingerprint density at radius 2 is 0.822 bits per heavy atom. The molecule has 0 aliphatic heterocycles. The third-order valence-corrected chi connectivity index (χ3v) is 9.60. The molecule has 0 unspecified atom stereocenters. The maximum Gasteiger partial charge on any atom is 0.143 e. The highest BCUT2D eigenvalue weighted by molar-refractivity contribution is 6.29. The van der Waals surface area contributed by atoms with E-state index in [4.69, 9.17) is 4.42 Å². The molecule has 0 aliphatic carbocycles. The fourth-order valence-electron chi connectivity index (χ4n) is 7.38. The first-order valence-electron chi connectivity index (χ1n) is 15.5. The van der Waals surface area contributed by atoms with Crippen LogP contribution in [0.4, 0.5) is 0 Å². The third-order valence-electron chi connectivity index (χ3n) is 9.60. The van der Waals surface area contributed by atoms with Crippen LogP contribution < -0.4 is 0 Å². The summed E-state index contributed by atoms with van der Waals surface area (Å²) in [6.07, 6.45) is 0. The second kappa shape index (κ2) is 9.29. The molecule has 1 nitrogen and oxygen atoms in total. The molecule has 9 aromatic carbocycles. The van der Waals surface area contributed by atoms with Crippen molar-refractivity contribution in [1.82, 2.24) is 0 Å². The van der Waals surface area contributed by atoms with Crippen LogP contribution in [-0.4, -0.2) is 0 Å². The van der Waals surface area contributed by atoms with Gasteiger partial charge < -0.3 is 4.42 Å². The molecule has 10 aromatic rings. The van der Waals surface area contributed by atoms with Crippen LogP contribution in [0.3, 0.4) is 0 Å². The van der Waals surface area contributed by atoms with E-state index in [1.54, 1.807) is 0 Å². The Bertz CT molecular complexity index is 2820. The van der Waals surface area contributed by atoms with Crippen molar-refractivity contribution in [3.63, 3.8) is 0 Å². The van der Waals surface area contributed by atoms with Crippen molar-refractivity contribution in [1.29, 1.82) is 0 Å². The lowest BCUT2D eigenvalue weighted by Gasteiger charge is -2.13. The van der Waals surface area contributed by atoms with E-state index in [1.165, 1.54) is 70.7 Å². The van der Waals surface area contributed by atoms with Gasteiger partial charge in [-0.3, -0.25) is 0 Å². The van der Waals surface area contributed by atoms with Crippen LogP contribution in [0, 0.1) is 0 Å². The molecule has 0 radical (unpaired) electrons. The smallest absolute Gasteiger partial charge is 0.143 e. The zero-order chi connectivity index (χ0) is 29.5. The van der Waals surface area contributed by atoms with Gasteiger partial charge >= 0.3 is 0 Å². The summed E-state index contributed by atoms with van der Waals surface area (Å²) in [6, 6.07) is 57.4. The Labute approximate surface area is 259 Å². The number of hydrogen-bond donors (Lipinski definition) is 0. The van der Waals surface area contributed by atoms with E-state index in [-0.39, 0.29) is 0 Å². The van der Waals surface area contributed by atoms with Gasteiger partial charge in [-0.05, 0) is 107 Å². The van der Waals surface area contributed by atoms with Gasteiger partial charge in [0.25, 0.3) is 0 Å². The average Bonchev–Trinajstić information content (AvgIpc) is 3.49. The highest BCUT2D eigenvalue weighted by atomic mass is 16.3. The molecule has 0 N–H and O–H groups in total. The number of furan rings is 1. The third kappa shape index (κ3) is 3.68. The quantitative estimate of drug-likeness (QED) is 0.188. The van der Waals surface area contributed by atoms with Crippen LogP contribution in [0.25, 0.3) is 98.1 Å². The van der Waals surface area contributed by atoms with Gasteiger partial charge in [0, 0.05) is 16.2 Å². The number of rotatable bonds is 2. The highest BCUT2D eigenvalue weighted by Gasteiger charge is 2.16. The van der Waals surface area contributed by atoms with Crippen LogP contribution in [0.1, 0.15) is 0 Å². The van der Waals surface area contributed by atoms with Gasteiger partial charge in [-0.2, -0.15) is 0 Å². The topological polar surface area (TPSA) is 13.1 Å². The maximum absolute atomic E-state index is 6.61. The molecule has 0 atom stereocenters. The number of benzene rings is 9. The summed E-state index contributed by atoms with van der Waals surface area (Å²) < 4.78 is 6.61. The molecule has 0 bridgehead atoms. The van der Waals surface area contributed by atoms with Crippen LogP contribution in [0.2, 0.25) is 0 Å². The SMILES string of the molecule is c1cc(-c2ccc3ccccc3c2)cc(-c2ccc3c(c2)c2ccccc2c2cc4c(cc32)oc2c3ccccc3ccc42)c1. The van der Waals surface area contributed by atoms with Crippen LogP contribution in [0.15, 0.2) is 162 Å². The Hall–Kier alpha value is -5.92. The predicted molar refractivity (Wildman–Crippen MR) is 192 cm³/mol. The Morgan fingerprint density at radius 1 is 0.267 bits per heavy atom. The van der Waals surface area contributed by atoms with Crippen molar-refractivity contribution in [2.45, 2.75) is 0 Å². The van der Waals surface area contributed by atoms with Crippen LogP contribution >= 0.6 is 0 Å². The van der Waals surface area contributed by atoms with Crippen molar-refractivity contribution in [3.8, 4) is 22.3 Å². The van der Waals surface area contributed by atoms with E-state index in [0.29, 0.717) is 0 Å². The summed E-state index contributed by atoms with van der Waals surface area (Å²) in [4.78, 5) is 0. The van der Waals surface area contributed by atoms with Gasteiger partial charge in [-0.1, -0.05) is 121 Å². The molecular formula is C44H26O. The largest absolute Gasteiger partial charge is 0.455 e. The second-order valence-electron chi connectivity index (χ2n) is 12.1. The number of hydrogen-bond acceptors (Lipinski definition) is 1. The molecule has 208 valence electrons. The van der Waals surface area contributed by atoms with E-state index >= 15 is 0 Å². The van der Waals surface area contributed by atoms with Gasteiger partial charge in [0.05, 0.1) is 0 Å². The van der Waals surface area contributed by atoms with Crippen molar-refractivity contribution in [2.24, 2.45) is 0 Å². The first kappa shape index (κ1) is 24.5. The molecule has 0 saturated heterocycles. The lowest BCUT2D eigenvalue weighted by atomic mass is 9.90. The molecular weight excluding hydrogens is 544 g/mol. The highest BCUT2D eigenvalue weighted by Crippen LogP contribution is 2.42. The molecule has 0 amide bonds. The summed E-state index contributed by atoms with van der Waals surface area (Å²) in [6.45, 7) is 0. The van der Waals surface area contributed by atoms with Crippen molar-refractivity contribution >= 4 is 75.8 Å². The second-order valence-corrected chi connectivity index (χ2v) is 12.1. The maximum atomic E-state index is 6.61. The van der Waals surface area contributed by atoms with Crippen molar-refractivity contribution in [3.05, 3.63) is 158 Å². The molecule has 0 spiro atoms. The Balaban J connectivity index is 1.19. The predicted octanol–water partition coefficient (Wildman–Crippen LogP) is 12.7. The normalized spacial score (nSPS) is 12.0. The van der Waals surface area contributed by atoms with E-state index in [0.717, 1.165) is 27.3 Å². The number of fused-ring (bicyclic) bond motifs is 12. The molecule has 10 rings (SSSR count). The van der Waals surface area contributed by atoms with E-state index < -0.39 is 0 Å².